The van der Waals surface area contributed by atoms with Crippen LogP contribution in [0, 0.1) is 6.92 Å². The lowest BCUT2D eigenvalue weighted by Gasteiger charge is -2.30. The van der Waals surface area contributed by atoms with Crippen molar-refractivity contribution in [2.75, 3.05) is 27.2 Å². The van der Waals surface area contributed by atoms with Crippen LogP contribution >= 0.6 is 0 Å². The molecule has 1 atom stereocenters. The summed E-state index contributed by atoms with van der Waals surface area (Å²) in [7, 11) is 3.67. The Balaban J connectivity index is 1.81. The number of nitrogens with zero attached hydrogens (tertiary/aromatic N) is 1. The molecule has 1 heterocycles. The Hall–Kier alpha value is -1.88. The molecule has 0 radical (unpaired) electrons. The van der Waals surface area contributed by atoms with Gasteiger partial charge < -0.3 is 15.0 Å². The minimum Gasteiger partial charge on any atom is -0.496 e. The summed E-state index contributed by atoms with van der Waals surface area (Å²) < 4.78 is 5.19. The van der Waals surface area contributed by atoms with Gasteiger partial charge in [-0.1, -0.05) is 0 Å². The van der Waals surface area contributed by atoms with E-state index in [0.717, 1.165) is 37.2 Å². The highest BCUT2D eigenvalue weighted by Crippen LogP contribution is 2.19. The molecule has 0 aliphatic carbocycles. The van der Waals surface area contributed by atoms with Crippen molar-refractivity contribution in [2.45, 2.75) is 38.6 Å². The second-order valence-corrected chi connectivity index (χ2v) is 6.28. The van der Waals surface area contributed by atoms with E-state index in [4.69, 9.17) is 4.74 Å². The summed E-state index contributed by atoms with van der Waals surface area (Å²) in [5.41, 5.74) is 1.56. The summed E-state index contributed by atoms with van der Waals surface area (Å²) in [6.45, 7) is 3.88. The molecule has 1 aromatic rings. The molecule has 1 aliphatic heterocycles. The van der Waals surface area contributed by atoms with Crippen molar-refractivity contribution in [1.29, 1.82) is 0 Å². The summed E-state index contributed by atoms with van der Waals surface area (Å²) in [5, 5.41) is 3.03. The fraction of sp³-hybridized carbons (Fsp3) is 0.556. The fourth-order valence-corrected chi connectivity index (χ4v) is 3.01. The third kappa shape index (κ3) is 5.06. The molecular weight excluding hydrogens is 292 g/mol. The summed E-state index contributed by atoms with van der Waals surface area (Å²) in [6, 6.07) is 5.57. The van der Waals surface area contributed by atoms with Gasteiger partial charge in [-0.2, -0.15) is 0 Å². The minimum atomic E-state index is -0.0381. The number of piperidine rings is 1. The van der Waals surface area contributed by atoms with E-state index in [-0.39, 0.29) is 30.6 Å². The average Bonchev–Trinajstić information content (AvgIpc) is 2.52. The number of carbonyl (C=O) groups is 2. The molecular formula is C18H26N2O3. The van der Waals surface area contributed by atoms with Crippen molar-refractivity contribution in [1.82, 2.24) is 10.2 Å². The van der Waals surface area contributed by atoms with E-state index in [9.17, 15) is 9.59 Å². The van der Waals surface area contributed by atoms with Gasteiger partial charge in [0, 0.05) is 31.0 Å². The van der Waals surface area contributed by atoms with Crippen molar-refractivity contribution >= 4 is 11.7 Å². The van der Waals surface area contributed by atoms with Gasteiger partial charge in [-0.25, -0.2) is 0 Å². The van der Waals surface area contributed by atoms with Gasteiger partial charge in [0.05, 0.1) is 7.11 Å². The number of aryl methyl sites for hydroxylation is 1. The number of hydrogen-bond donors (Lipinski definition) is 1. The zero-order valence-corrected chi connectivity index (χ0v) is 14.2. The SMILES string of the molecule is COc1ccc(C(=O)CCC(=O)N[C@@H]2CCCN(C)C2)cc1C. The quantitative estimate of drug-likeness (QED) is 0.817. The summed E-state index contributed by atoms with van der Waals surface area (Å²) in [5.74, 6) is 0.719. The number of Topliss-reactive ketones (excluding diaryl/α,β-unsaturated/α-hetero) is 1. The van der Waals surface area contributed by atoms with E-state index in [1.54, 1.807) is 19.2 Å². The third-order valence-corrected chi connectivity index (χ3v) is 4.29. The molecule has 1 aliphatic rings. The van der Waals surface area contributed by atoms with Crippen LogP contribution in [0.15, 0.2) is 18.2 Å². The lowest BCUT2D eigenvalue weighted by Crippen LogP contribution is -2.46. The highest BCUT2D eigenvalue weighted by atomic mass is 16.5. The first-order valence-corrected chi connectivity index (χ1v) is 8.15. The fourth-order valence-electron chi connectivity index (χ4n) is 3.01. The van der Waals surface area contributed by atoms with Gasteiger partial charge in [0.15, 0.2) is 5.78 Å². The number of methoxy groups -OCH3 is 1. The molecule has 5 heteroatoms. The summed E-state index contributed by atoms with van der Waals surface area (Å²) in [4.78, 5) is 26.5. The Kier molecular flexibility index (Phi) is 6.16. The van der Waals surface area contributed by atoms with Gasteiger partial charge in [0.25, 0.3) is 0 Å². The molecule has 0 spiro atoms. The Labute approximate surface area is 138 Å². The second-order valence-electron chi connectivity index (χ2n) is 6.28. The van der Waals surface area contributed by atoms with E-state index in [0.29, 0.717) is 5.56 Å². The number of ketones is 1. The van der Waals surface area contributed by atoms with Gasteiger partial charge >= 0.3 is 0 Å². The topological polar surface area (TPSA) is 58.6 Å². The van der Waals surface area contributed by atoms with E-state index in [2.05, 4.69) is 17.3 Å². The Morgan fingerprint density at radius 2 is 2.13 bits per heavy atom. The van der Waals surface area contributed by atoms with Crippen molar-refractivity contribution in [2.24, 2.45) is 0 Å². The van der Waals surface area contributed by atoms with E-state index < -0.39 is 0 Å². The van der Waals surface area contributed by atoms with Crippen LogP contribution in [0.4, 0.5) is 0 Å². The molecule has 1 saturated heterocycles. The van der Waals surface area contributed by atoms with Crippen molar-refractivity contribution < 1.29 is 14.3 Å². The average molecular weight is 318 g/mol. The summed E-state index contributed by atoms with van der Waals surface area (Å²) in [6.07, 6.45) is 2.59. The molecule has 2 rings (SSSR count). The van der Waals surface area contributed by atoms with Crippen LogP contribution in [0.1, 0.15) is 41.6 Å². The number of nitrogens with one attached hydrogen (secondary N) is 1. The molecule has 1 aromatic carbocycles. The lowest BCUT2D eigenvalue weighted by atomic mass is 10.0. The Morgan fingerprint density at radius 1 is 1.35 bits per heavy atom. The predicted molar refractivity (Wildman–Crippen MR) is 90.0 cm³/mol. The highest BCUT2D eigenvalue weighted by Gasteiger charge is 2.19. The highest BCUT2D eigenvalue weighted by molar-refractivity contribution is 5.98. The first-order chi connectivity index (χ1) is 11.0. The zero-order valence-electron chi connectivity index (χ0n) is 14.2. The van der Waals surface area contributed by atoms with E-state index >= 15 is 0 Å². The van der Waals surface area contributed by atoms with Crippen LogP contribution in [-0.2, 0) is 4.79 Å². The lowest BCUT2D eigenvalue weighted by molar-refractivity contribution is -0.122. The van der Waals surface area contributed by atoms with Gasteiger partial charge in [0.2, 0.25) is 5.91 Å². The van der Waals surface area contributed by atoms with Crippen LogP contribution in [-0.4, -0.2) is 49.9 Å². The number of likely N-dealkylation sites (N-methyl/N-ethyl adjacent to an activating group) is 1. The van der Waals surface area contributed by atoms with Crippen molar-refractivity contribution in [3.8, 4) is 5.75 Å². The zero-order chi connectivity index (χ0) is 16.8. The monoisotopic (exact) mass is 318 g/mol. The molecule has 0 aromatic heterocycles. The second kappa shape index (κ2) is 8.11. The predicted octanol–water partition coefficient (Wildman–Crippen LogP) is 2.18. The number of benzene rings is 1. The molecule has 0 saturated carbocycles. The first kappa shape index (κ1) is 17.5. The van der Waals surface area contributed by atoms with Crippen LogP contribution in [0.2, 0.25) is 0 Å². The molecule has 126 valence electrons. The number of carbonyl (C=O) groups excluding carboxylic acids is 2. The molecule has 0 bridgehead atoms. The van der Waals surface area contributed by atoms with E-state index in [1.807, 2.05) is 13.0 Å². The van der Waals surface area contributed by atoms with E-state index in [1.165, 1.54) is 0 Å². The third-order valence-electron chi connectivity index (χ3n) is 4.29. The van der Waals surface area contributed by atoms with Crippen LogP contribution < -0.4 is 10.1 Å². The van der Waals surface area contributed by atoms with Gasteiger partial charge in [0.1, 0.15) is 5.75 Å². The smallest absolute Gasteiger partial charge is 0.220 e. The maximum atomic E-state index is 12.2. The molecule has 0 unspecified atom stereocenters. The summed E-state index contributed by atoms with van der Waals surface area (Å²) >= 11 is 0. The number of ether oxygens (including phenoxy) is 1. The Bertz CT molecular complexity index is 571. The number of amides is 1. The molecule has 23 heavy (non-hydrogen) atoms. The van der Waals surface area contributed by atoms with Crippen molar-refractivity contribution in [3.63, 3.8) is 0 Å². The Morgan fingerprint density at radius 3 is 2.78 bits per heavy atom. The molecule has 1 N–H and O–H groups in total. The van der Waals surface area contributed by atoms with Crippen molar-refractivity contribution in [3.05, 3.63) is 29.3 Å². The number of hydrogen-bond acceptors (Lipinski definition) is 4. The molecule has 1 fully saturated rings. The maximum Gasteiger partial charge on any atom is 0.220 e. The van der Waals surface area contributed by atoms with Crippen LogP contribution in [0.5, 0.6) is 5.75 Å². The van der Waals surface area contributed by atoms with Crippen LogP contribution in [0.25, 0.3) is 0 Å². The largest absolute Gasteiger partial charge is 0.496 e. The van der Waals surface area contributed by atoms with Gasteiger partial charge in [-0.05, 0) is 57.1 Å². The maximum absolute atomic E-state index is 12.2. The molecule has 1 amide bonds. The normalized spacial score (nSPS) is 18.5. The number of rotatable bonds is 6. The minimum absolute atomic E-state index is 0.00772. The standard InChI is InChI=1S/C18H26N2O3/c1-13-11-14(6-8-17(13)23-3)16(21)7-9-18(22)19-15-5-4-10-20(2)12-15/h6,8,11,15H,4-5,7,9-10,12H2,1-3H3,(H,19,22)/t15-/m1/s1. The van der Waals surface area contributed by atoms with Gasteiger partial charge in [-0.3, -0.25) is 9.59 Å². The first-order valence-electron chi connectivity index (χ1n) is 8.15. The molecule has 5 nitrogen and oxygen atoms in total. The number of likely N-dealkylation sites (tertiary alicyclic amines) is 1. The van der Waals surface area contributed by atoms with Crippen LogP contribution in [0.3, 0.4) is 0 Å². The van der Waals surface area contributed by atoms with Gasteiger partial charge in [-0.15, -0.1) is 0 Å².